The number of hydrazine groups is 1. The lowest BCUT2D eigenvalue weighted by Gasteiger charge is -2.09. The highest BCUT2D eigenvalue weighted by molar-refractivity contribution is 6.33. The van der Waals surface area contributed by atoms with Gasteiger partial charge in [-0.05, 0) is 26.0 Å². The van der Waals surface area contributed by atoms with E-state index in [2.05, 4.69) is 16.2 Å². The van der Waals surface area contributed by atoms with Crippen molar-refractivity contribution < 1.29 is 14.5 Å². The zero-order chi connectivity index (χ0) is 16.7. The molecular weight excluding hydrogens is 312 g/mol. The number of nitro benzene ring substituents is 1. The molecule has 1 aromatic rings. The molecule has 0 aliphatic carbocycles. The van der Waals surface area contributed by atoms with E-state index in [0.29, 0.717) is 12.2 Å². The van der Waals surface area contributed by atoms with Crippen LogP contribution in [0.2, 0.25) is 5.02 Å². The summed E-state index contributed by atoms with van der Waals surface area (Å²) in [5.41, 5.74) is 5.20. The number of amides is 2. The van der Waals surface area contributed by atoms with Crippen molar-refractivity contribution in [1.29, 1.82) is 0 Å². The Bertz CT molecular complexity index is 630. The summed E-state index contributed by atoms with van der Waals surface area (Å²) in [7, 11) is 0. The third kappa shape index (κ3) is 5.06. The van der Waals surface area contributed by atoms with Crippen molar-refractivity contribution in [1.82, 2.24) is 16.2 Å². The molecule has 0 aliphatic heterocycles. The number of rotatable bonds is 6. The molecule has 8 nitrogen and oxygen atoms in total. The molecule has 9 heteroatoms. The normalized spacial score (nSPS) is 10.8. The maximum atomic E-state index is 11.9. The molecule has 0 saturated carbocycles. The average molecular weight is 327 g/mol. The topological polar surface area (TPSA) is 113 Å². The molecule has 0 unspecified atom stereocenters. The molecule has 3 N–H and O–H groups in total. The number of nitro groups is 1. The zero-order valence-electron chi connectivity index (χ0n) is 12.0. The molecule has 2 amide bonds. The van der Waals surface area contributed by atoms with E-state index in [0.717, 1.165) is 6.07 Å². The number of nitrogens with zero attached hydrogens (tertiary/aromatic N) is 1. The Hall–Kier alpha value is -2.61. The maximum Gasteiger partial charge on any atom is 0.287 e. The fraction of sp³-hybridized carbons (Fsp3) is 0.231. The average Bonchev–Trinajstić information content (AvgIpc) is 2.44. The molecule has 1 aromatic carbocycles. The quantitative estimate of drug-likeness (QED) is 0.416. The molecule has 1 rings (SSSR count). The number of hydrogen-bond donors (Lipinski definition) is 3. The summed E-state index contributed by atoms with van der Waals surface area (Å²) < 4.78 is 0. The summed E-state index contributed by atoms with van der Waals surface area (Å²) in [6, 6.07) is 3.62. The molecule has 0 fully saturated rings. The number of hydrogen-bond acceptors (Lipinski definition) is 5. The molecule has 0 saturated heterocycles. The van der Waals surface area contributed by atoms with Crippen LogP contribution in [-0.2, 0) is 4.79 Å². The molecule has 0 heterocycles. The van der Waals surface area contributed by atoms with Crippen LogP contribution in [0.15, 0.2) is 30.0 Å². The van der Waals surface area contributed by atoms with Crippen molar-refractivity contribution in [2.75, 3.05) is 6.54 Å². The Morgan fingerprint density at radius 2 is 2.05 bits per heavy atom. The van der Waals surface area contributed by atoms with Crippen LogP contribution in [0.25, 0.3) is 0 Å². The number of benzene rings is 1. The smallest absolute Gasteiger partial charge is 0.287 e. The second-order valence-electron chi connectivity index (χ2n) is 4.22. The van der Waals surface area contributed by atoms with Crippen LogP contribution >= 0.6 is 11.6 Å². The minimum atomic E-state index is -0.637. The Morgan fingerprint density at radius 3 is 2.59 bits per heavy atom. The SMILES string of the molecule is CCNC(=O)C=C(C)NNC(=O)c1ccc([N+](=O)[O-])c(Cl)c1. The van der Waals surface area contributed by atoms with Crippen molar-refractivity contribution in [3.05, 3.63) is 50.7 Å². The minimum Gasteiger partial charge on any atom is -0.353 e. The molecule has 22 heavy (non-hydrogen) atoms. The van der Waals surface area contributed by atoms with Gasteiger partial charge in [0.05, 0.1) is 4.92 Å². The summed E-state index contributed by atoms with van der Waals surface area (Å²) in [5.74, 6) is -0.833. The number of allylic oxidation sites excluding steroid dienone is 1. The van der Waals surface area contributed by atoms with Gasteiger partial charge in [0, 0.05) is 29.9 Å². The molecule has 0 aliphatic rings. The predicted octanol–water partition coefficient (Wildman–Crippen LogP) is 1.52. The van der Waals surface area contributed by atoms with Gasteiger partial charge in [-0.3, -0.25) is 25.1 Å². The van der Waals surface area contributed by atoms with Crippen LogP contribution in [0.1, 0.15) is 24.2 Å². The predicted molar refractivity (Wildman–Crippen MR) is 81.1 cm³/mol. The van der Waals surface area contributed by atoms with Gasteiger partial charge in [0.15, 0.2) is 0 Å². The fourth-order valence-corrected chi connectivity index (χ4v) is 1.73. The highest BCUT2D eigenvalue weighted by Gasteiger charge is 2.15. The standard InChI is InChI=1S/C13H15ClN4O4/c1-3-15-12(19)6-8(2)16-17-13(20)9-4-5-11(18(21)22)10(14)7-9/h4-7,16H,3H2,1-2H3,(H,15,19)(H,17,20). The van der Waals surface area contributed by atoms with Crippen LogP contribution in [-0.4, -0.2) is 23.3 Å². The summed E-state index contributed by atoms with van der Waals surface area (Å²) in [5, 5.41) is 13.1. The second-order valence-corrected chi connectivity index (χ2v) is 4.63. The second kappa shape index (κ2) is 7.99. The highest BCUT2D eigenvalue weighted by Crippen LogP contribution is 2.24. The van der Waals surface area contributed by atoms with E-state index in [1.165, 1.54) is 18.2 Å². The van der Waals surface area contributed by atoms with Crippen LogP contribution in [0.4, 0.5) is 5.69 Å². The Kier molecular flexibility index (Phi) is 6.33. The maximum absolute atomic E-state index is 11.9. The molecule has 0 atom stereocenters. The van der Waals surface area contributed by atoms with Crippen LogP contribution in [0.5, 0.6) is 0 Å². The van der Waals surface area contributed by atoms with Crippen LogP contribution < -0.4 is 16.2 Å². The van der Waals surface area contributed by atoms with E-state index in [1.807, 2.05) is 0 Å². The highest BCUT2D eigenvalue weighted by atomic mass is 35.5. The summed E-state index contributed by atoms with van der Waals surface area (Å²) in [6.45, 7) is 3.88. The van der Waals surface area contributed by atoms with E-state index < -0.39 is 10.8 Å². The largest absolute Gasteiger partial charge is 0.353 e. The molecule has 0 spiro atoms. The fourth-order valence-electron chi connectivity index (χ4n) is 1.48. The Balaban J connectivity index is 2.68. The molecule has 0 aromatic heterocycles. The van der Waals surface area contributed by atoms with Crippen LogP contribution in [0, 0.1) is 10.1 Å². The van der Waals surface area contributed by atoms with Gasteiger partial charge in [-0.1, -0.05) is 11.6 Å². The van der Waals surface area contributed by atoms with Gasteiger partial charge in [0.1, 0.15) is 5.02 Å². The molecule has 0 bridgehead atoms. The van der Waals surface area contributed by atoms with Crippen molar-refractivity contribution in [2.24, 2.45) is 0 Å². The number of nitrogens with one attached hydrogen (secondary N) is 3. The lowest BCUT2D eigenvalue weighted by atomic mass is 10.2. The Labute approximate surface area is 131 Å². The monoisotopic (exact) mass is 326 g/mol. The van der Waals surface area contributed by atoms with E-state index in [1.54, 1.807) is 13.8 Å². The van der Waals surface area contributed by atoms with Gasteiger partial charge in [-0.15, -0.1) is 0 Å². The first kappa shape index (κ1) is 17.4. The first-order chi connectivity index (χ1) is 10.3. The minimum absolute atomic E-state index is 0.132. The van der Waals surface area contributed by atoms with Gasteiger partial charge >= 0.3 is 0 Å². The van der Waals surface area contributed by atoms with E-state index >= 15 is 0 Å². The third-order valence-corrected chi connectivity index (χ3v) is 2.78. The lowest BCUT2D eigenvalue weighted by Crippen LogP contribution is -2.36. The lowest BCUT2D eigenvalue weighted by molar-refractivity contribution is -0.384. The zero-order valence-corrected chi connectivity index (χ0v) is 12.7. The van der Waals surface area contributed by atoms with Crippen molar-refractivity contribution >= 4 is 29.1 Å². The number of carbonyl (C=O) groups is 2. The van der Waals surface area contributed by atoms with E-state index in [9.17, 15) is 19.7 Å². The van der Waals surface area contributed by atoms with E-state index in [4.69, 9.17) is 11.6 Å². The van der Waals surface area contributed by atoms with Crippen molar-refractivity contribution in [3.8, 4) is 0 Å². The number of carbonyl (C=O) groups excluding carboxylic acids is 2. The van der Waals surface area contributed by atoms with Gasteiger partial charge in [0.25, 0.3) is 11.6 Å². The van der Waals surface area contributed by atoms with Crippen molar-refractivity contribution in [2.45, 2.75) is 13.8 Å². The van der Waals surface area contributed by atoms with Crippen molar-refractivity contribution in [3.63, 3.8) is 0 Å². The van der Waals surface area contributed by atoms with Gasteiger partial charge in [-0.2, -0.15) is 0 Å². The first-order valence-electron chi connectivity index (χ1n) is 6.31. The van der Waals surface area contributed by atoms with Gasteiger partial charge < -0.3 is 10.7 Å². The first-order valence-corrected chi connectivity index (χ1v) is 6.69. The third-order valence-electron chi connectivity index (χ3n) is 2.48. The van der Waals surface area contributed by atoms with E-state index in [-0.39, 0.29) is 22.2 Å². The van der Waals surface area contributed by atoms with Crippen LogP contribution in [0.3, 0.4) is 0 Å². The Morgan fingerprint density at radius 1 is 1.36 bits per heavy atom. The molecule has 118 valence electrons. The number of likely N-dealkylation sites (N-methyl/N-ethyl adjacent to an activating group) is 1. The number of halogens is 1. The summed E-state index contributed by atoms with van der Waals surface area (Å²) in [4.78, 5) is 33.2. The summed E-state index contributed by atoms with van der Waals surface area (Å²) in [6.07, 6.45) is 1.28. The summed E-state index contributed by atoms with van der Waals surface area (Å²) >= 11 is 5.73. The van der Waals surface area contributed by atoms with Gasteiger partial charge in [-0.25, -0.2) is 0 Å². The molecule has 0 radical (unpaired) electrons. The molecular formula is C13H15ClN4O4. The van der Waals surface area contributed by atoms with Gasteiger partial charge in [0.2, 0.25) is 5.91 Å².